The molecule has 0 saturated carbocycles. The molecule has 0 N–H and O–H groups in total. The van der Waals surface area contributed by atoms with Gasteiger partial charge in [0.05, 0.1) is 16.7 Å². The monoisotopic (exact) mass is 778 g/mol. The van der Waals surface area contributed by atoms with Gasteiger partial charge in [0.25, 0.3) is 0 Å². The van der Waals surface area contributed by atoms with E-state index in [0.29, 0.717) is 0 Å². The number of hydrogen-bond donors (Lipinski definition) is 0. The summed E-state index contributed by atoms with van der Waals surface area (Å²) in [6.45, 7) is 0. The number of benzene rings is 10. The molecule has 0 aliphatic heterocycles. The molecule has 12 aromatic rings. The van der Waals surface area contributed by atoms with Gasteiger partial charge in [0.1, 0.15) is 11.2 Å². The Morgan fingerprint density at radius 2 is 0.902 bits per heavy atom. The van der Waals surface area contributed by atoms with Crippen molar-refractivity contribution in [3.05, 3.63) is 231 Å². The molecule has 0 fully saturated rings. The highest BCUT2D eigenvalue weighted by Crippen LogP contribution is 2.47. The second-order valence-corrected chi connectivity index (χ2v) is 15.7. The zero-order valence-electron chi connectivity index (χ0n) is 33.2. The minimum atomic E-state index is 0.858. The van der Waals surface area contributed by atoms with Gasteiger partial charge in [-0.3, -0.25) is 0 Å². The first-order chi connectivity index (χ1) is 30.2. The van der Waals surface area contributed by atoms with Crippen LogP contribution in [0.5, 0.6) is 0 Å². The molecule has 0 unspecified atom stereocenters. The van der Waals surface area contributed by atoms with Crippen LogP contribution < -0.4 is 4.90 Å². The van der Waals surface area contributed by atoms with Crippen LogP contribution >= 0.6 is 0 Å². The smallest absolute Gasteiger partial charge is 0.145 e. The Morgan fingerprint density at radius 3 is 1.62 bits per heavy atom. The molecule has 61 heavy (non-hydrogen) atoms. The van der Waals surface area contributed by atoms with Crippen molar-refractivity contribution in [2.24, 2.45) is 0 Å². The van der Waals surface area contributed by atoms with E-state index in [1.54, 1.807) is 0 Å². The Hall–Kier alpha value is -8.14. The summed E-state index contributed by atoms with van der Waals surface area (Å²) in [5.41, 5.74) is 15.1. The predicted octanol–water partition coefficient (Wildman–Crippen LogP) is 16.3. The maximum atomic E-state index is 6.93. The molecule has 0 amide bonds. The third-order valence-corrected chi connectivity index (χ3v) is 12.2. The van der Waals surface area contributed by atoms with E-state index in [2.05, 4.69) is 234 Å². The third kappa shape index (κ3) is 5.90. The molecule has 0 atom stereocenters. The van der Waals surface area contributed by atoms with Crippen molar-refractivity contribution in [1.82, 2.24) is 4.57 Å². The first-order valence-electron chi connectivity index (χ1n) is 20.8. The molecule has 3 heteroatoms. The number of hydrogen-bond acceptors (Lipinski definition) is 2. The van der Waals surface area contributed by atoms with Crippen LogP contribution in [-0.2, 0) is 0 Å². The number of nitrogens with zero attached hydrogens (tertiary/aromatic N) is 2. The van der Waals surface area contributed by atoms with E-state index in [0.717, 1.165) is 55.8 Å². The van der Waals surface area contributed by atoms with Crippen molar-refractivity contribution < 1.29 is 4.42 Å². The third-order valence-electron chi connectivity index (χ3n) is 12.2. The quantitative estimate of drug-likeness (QED) is 0.161. The molecule has 0 aliphatic carbocycles. The second kappa shape index (κ2) is 14.3. The Bertz CT molecular complexity index is 3520. The summed E-state index contributed by atoms with van der Waals surface area (Å²) < 4.78 is 9.31. The van der Waals surface area contributed by atoms with Crippen molar-refractivity contribution in [3.63, 3.8) is 0 Å². The summed E-state index contributed by atoms with van der Waals surface area (Å²) in [4.78, 5) is 2.38. The molecule has 0 bridgehead atoms. The van der Waals surface area contributed by atoms with Crippen LogP contribution in [0.4, 0.5) is 17.1 Å². The molecule has 10 aromatic carbocycles. The summed E-state index contributed by atoms with van der Waals surface area (Å²) in [5, 5.41) is 7.13. The molecule has 0 saturated heterocycles. The summed E-state index contributed by atoms with van der Waals surface area (Å²) in [5.74, 6) is 0. The van der Waals surface area contributed by atoms with Crippen LogP contribution in [-0.4, -0.2) is 4.57 Å². The zero-order valence-corrected chi connectivity index (χ0v) is 33.2. The topological polar surface area (TPSA) is 21.3 Å². The Balaban J connectivity index is 1.08. The fourth-order valence-electron chi connectivity index (χ4n) is 9.28. The first-order valence-corrected chi connectivity index (χ1v) is 20.8. The van der Waals surface area contributed by atoms with Gasteiger partial charge >= 0.3 is 0 Å². The first kappa shape index (κ1) is 34.9. The molecule has 286 valence electrons. The number of fused-ring (bicyclic) bond motifs is 7. The van der Waals surface area contributed by atoms with Crippen LogP contribution in [0, 0.1) is 0 Å². The lowest BCUT2D eigenvalue weighted by Crippen LogP contribution is -2.11. The highest BCUT2D eigenvalue weighted by Gasteiger charge is 2.24. The fraction of sp³-hybridized carbons (Fsp3) is 0. The van der Waals surface area contributed by atoms with Crippen LogP contribution in [0.15, 0.2) is 235 Å². The van der Waals surface area contributed by atoms with Crippen LogP contribution in [0.1, 0.15) is 0 Å². The molecule has 3 nitrogen and oxygen atoms in total. The van der Waals surface area contributed by atoms with E-state index in [1.807, 2.05) is 6.07 Å². The van der Waals surface area contributed by atoms with Crippen LogP contribution in [0.3, 0.4) is 0 Å². The van der Waals surface area contributed by atoms with Gasteiger partial charge in [-0.25, -0.2) is 0 Å². The lowest BCUT2D eigenvalue weighted by molar-refractivity contribution is 0.670. The Morgan fingerprint density at radius 1 is 0.344 bits per heavy atom. The number of para-hydroxylation sites is 3. The summed E-state index contributed by atoms with van der Waals surface area (Å²) in [6, 6.07) is 82.9. The molecule has 0 radical (unpaired) electrons. The van der Waals surface area contributed by atoms with Gasteiger partial charge < -0.3 is 13.9 Å². The summed E-state index contributed by atoms with van der Waals surface area (Å²) >= 11 is 0. The number of aromatic nitrogens is 1. The summed E-state index contributed by atoms with van der Waals surface area (Å²) in [7, 11) is 0. The van der Waals surface area contributed by atoms with Crippen molar-refractivity contribution in [1.29, 1.82) is 0 Å². The number of anilines is 3. The van der Waals surface area contributed by atoms with E-state index < -0.39 is 0 Å². The van der Waals surface area contributed by atoms with Gasteiger partial charge in [-0.05, 0) is 111 Å². The summed E-state index contributed by atoms with van der Waals surface area (Å²) in [6.07, 6.45) is 0. The SMILES string of the molecule is c1ccc(-c2ccc(N(c3ccc(-c4ccc5ccccc5c4)cc3)c3ccc4c(oc5ccccc54)c3-c3cccc(-n4c5ccccc5c5ccccc54)c3)cc2)cc1. The minimum absolute atomic E-state index is 0.858. The number of furan rings is 1. The van der Waals surface area contributed by atoms with Crippen LogP contribution in [0.2, 0.25) is 0 Å². The molecular formula is C58H38N2O. The maximum Gasteiger partial charge on any atom is 0.145 e. The van der Waals surface area contributed by atoms with E-state index >= 15 is 0 Å². The van der Waals surface area contributed by atoms with Gasteiger partial charge in [0, 0.05) is 44.2 Å². The van der Waals surface area contributed by atoms with Gasteiger partial charge in [0.2, 0.25) is 0 Å². The second-order valence-electron chi connectivity index (χ2n) is 15.7. The zero-order chi connectivity index (χ0) is 40.3. The maximum absolute atomic E-state index is 6.93. The van der Waals surface area contributed by atoms with E-state index in [1.165, 1.54) is 54.8 Å². The Labute approximate surface area is 353 Å². The van der Waals surface area contributed by atoms with E-state index in [4.69, 9.17) is 4.42 Å². The fourth-order valence-corrected chi connectivity index (χ4v) is 9.28. The molecule has 0 aliphatic rings. The normalized spacial score (nSPS) is 11.6. The lowest BCUT2D eigenvalue weighted by atomic mass is 9.97. The van der Waals surface area contributed by atoms with Gasteiger partial charge in [0.15, 0.2) is 0 Å². The molecule has 0 spiro atoms. The van der Waals surface area contributed by atoms with Crippen molar-refractivity contribution in [2.75, 3.05) is 4.90 Å². The standard InChI is InChI=1S/C58H38N2O/c1-2-13-39(14-3-1)41-27-31-46(32-28-41)59(47-33-29-42(30-34-47)44-26-25-40-15-4-5-16-43(40)37-44)55-36-35-52-51-21-8-11-24-56(51)61-58(52)57(55)45-17-12-18-48(38-45)60-53-22-9-6-19-49(53)50-20-7-10-23-54(50)60/h1-38H. The van der Waals surface area contributed by atoms with Crippen molar-refractivity contribution in [3.8, 4) is 39.1 Å². The highest BCUT2D eigenvalue weighted by atomic mass is 16.3. The lowest BCUT2D eigenvalue weighted by Gasteiger charge is -2.28. The van der Waals surface area contributed by atoms with E-state index in [9.17, 15) is 0 Å². The van der Waals surface area contributed by atoms with Gasteiger partial charge in [-0.15, -0.1) is 0 Å². The predicted molar refractivity (Wildman–Crippen MR) is 257 cm³/mol. The molecule has 2 aromatic heterocycles. The average molecular weight is 779 g/mol. The van der Waals surface area contributed by atoms with Crippen molar-refractivity contribution in [2.45, 2.75) is 0 Å². The van der Waals surface area contributed by atoms with Gasteiger partial charge in [-0.1, -0.05) is 158 Å². The molecule has 12 rings (SSSR count). The van der Waals surface area contributed by atoms with Gasteiger partial charge in [-0.2, -0.15) is 0 Å². The van der Waals surface area contributed by atoms with Crippen molar-refractivity contribution >= 4 is 71.6 Å². The molecular weight excluding hydrogens is 741 g/mol. The van der Waals surface area contributed by atoms with E-state index in [-0.39, 0.29) is 0 Å². The Kier molecular flexibility index (Phi) is 8.17. The largest absolute Gasteiger partial charge is 0.455 e. The highest BCUT2D eigenvalue weighted by molar-refractivity contribution is 6.14. The van der Waals surface area contributed by atoms with Crippen LogP contribution in [0.25, 0.3) is 93.6 Å². The number of rotatable bonds is 7. The minimum Gasteiger partial charge on any atom is -0.455 e. The molecule has 2 heterocycles. The average Bonchev–Trinajstić information content (AvgIpc) is 3.88.